The molecule has 0 saturated heterocycles. The highest BCUT2D eigenvalue weighted by atomic mass is 35.5. The number of aromatic nitrogens is 3. The van der Waals surface area contributed by atoms with Gasteiger partial charge in [0.1, 0.15) is 17.4 Å². The Morgan fingerprint density at radius 1 is 1.21 bits per heavy atom. The van der Waals surface area contributed by atoms with Gasteiger partial charge in [0.25, 0.3) is 0 Å². The van der Waals surface area contributed by atoms with Gasteiger partial charge in [0.2, 0.25) is 0 Å². The number of methoxy groups -OCH3 is 1. The first-order chi connectivity index (χ1) is 14.1. The number of hydrogen-bond acceptors (Lipinski definition) is 4. The maximum absolute atomic E-state index is 6.29. The van der Waals surface area contributed by atoms with Gasteiger partial charge in [-0.15, -0.1) is 0 Å². The minimum absolute atomic E-state index is 0.624. The zero-order chi connectivity index (χ0) is 20.6. The molecule has 1 aromatic carbocycles. The highest BCUT2D eigenvalue weighted by molar-refractivity contribution is 6.31. The highest BCUT2D eigenvalue weighted by Crippen LogP contribution is 2.22. The molecule has 0 spiro atoms. The molecule has 2 heterocycles. The Hall–Kier alpha value is -3.06. The van der Waals surface area contributed by atoms with Crippen molar-refractivity contribution in [2.24, 2.45) is 4.99 Å². The molecular weight excluding hydrogens is 388 g/mol. The van der Waals surface area contributed by atoms with Crippen LogP contribution in [-0.4, -0.2) is 41.2 Å². The van der Waals surface area contributed by atoms with Crippen LogP contribution in [-0.2, 0) is 13.0 Å². The first kappa shape index (κ1) is 20.7. The minimum atomic E-state index is 0.624. The molecule has 0 atom stereocenters. The molecule has 2 N–H and O–H groups in total. The lowest BCUT2D eigenvalue weighted by Gasteiger charge is -2.13. The molecule has 0 amide bonds. The van der Waals surface area contributed by atoms with Gasteiger partial charge in [0.15, 0.2) is 5.96 Å². The summed E-state index contributed by atoms with van der Waals surface area (Å²) in [6.45, 7) is 3.29. The van der Waals surface area contributed by atoms with Crippen molar-refractivity contribution in [1.29, 1.82) is 0 Å². The zero-order valence-electron chi connectivity index (χ0n) is 16.8. The van der Waals surface area contributed by atoms with E-state index in [4.69, 9.17) is 16.3 Å². The lowest BCUT2D eigenvalue weighted by atomic mass is 10.1. The average Bonchev–Trinajstić information content (AvgIpc) is 3.17. The SMILES string of the molecule is CN=C(NCCc1ccc(OC)cc1Cl)NCc1ccc(-n2ccnc2C)nc1. The normalized spacial score (nSPS) is 11.4. The molecular formula is C21H25ClN6O. The van der Waals surface area contributed by atoms with Crippen molar-refractivity contribution in [3.05, 3.63) is 70.9 Å². The number of rotatable bonds is 7. The zero-order valence-corrected chi connectivity index (χ0v) is 17.6. The maximum Gasteiger partial charge on any atom is 0.191 e. The van der Waals surface area contributed by atoms with Crippen LogP contribution in [0.2, 0.25) is 5.02 Å². The van der Waals surface area contributed by atoms with E-state index >= 15 is 0 Å². The van der Waals surface area contributed by atoms with E-state index in [-0.39, 0.29) is 0 Å². The average molecular weight is 413 g/mol. The van der Waals surface area contributed by atoms with Crippen molar-refractivity contribution in [2.45, 2.75) is 19.9 Å². The van der Waals surface area contributed by atoms with Crippen molar-refractivity contribution in [2.75, 3.05) is 20.7 Å². The first-order valence-electron chi connectivity index (χ1n) is 9.33. The van der Waals surface area contributed by atoms with E-state index < -0.39 is 0 Å². The molecule has 0 unspecified atom stereocenters. The van der Waals surface area contributed by atoms with Gasteiger partial charge in [0, 0.05) is 43.8 Å². The topological polar surface area (TPSA) is 76.4 Å². The van der Waals surface area contributed by atoms with Gasteiger partial charge in [0.05, 0.1) is 7.11 Å². The number of halogens is 1. The Morgan fingerprint density at radius 3 is 2.69 bits per heavy atom. The molecule has 0 bridgehead atoms. The van der Waals surface area contributed by atoms with Gasteiger partial charge >= 0.3 is 0 Å². The van der Waals surface area contributed by atoms with Gasteiger partial charge in [-0.3, -0.25) is 9.56 Å². The van der Waals surface area contributed by atoms with E-state index in [0.717, 1.165) is 40.9 Å². The van der Waals surface area contributed by atoms with Crippen LogP contribution in [0.4, 0.5) is 0 Å². The molecule has 0 aliphatic rings. The number of benzene rings is 1. The van der Waals surface area contributed by atoms with Crippen molar-refractivity contribution < 1.29 is 4.74 Å². The van der Waals surface area contributed by atoms with E-state index in [1.54, 1.807) is 20.4 Å². The molecule has 0 aliphatic heterocycles. The number of aryl methyl sites for hydroxylation is 1. The summed E-state index contributed by atoms with van der Waals surface area (Å²) in [6.07, 6.45) is 6.30. The summed E-state index contributed by atoms with van der Waals surface area (Å²) in [7, 11) is 3.38. The quantitative estimate of drug-likeness (QED) is 0.460. The molecule has 0 fully saturated rings. The molecule has 7 nitrogen and oxygen atoms in total. The second-order valence-electron chi connectivity index (χ2n) is 6.43. The van der Waals surface area contributed by atoms with Crippen molar-refractivity contribution in [3.8, 4) is 11.6 Å². The second-order valence-corrected chi connectivity index (χ2v) is 6.84. The summed E-state index contributed by atoms with van der Waals surface area (Å²) in [5, 5.41) is 7.30. The Bertz CT molecular complexity index is 968. The number of nitrogens with one attached hydrogen (secondary N) is 2. The number of imidazole rings is 1. The highest BCUT2D eigenvalue weighted by Gasteiger charge is 2.05. The molecule has 152 valence electrons. The van der Waals surface area contributed by atoms with E-state index in [9.17, 15) is 0 Å². The Labute approximate surface area is 175 Å². The van der Waals surface area contributed by atoms with Gasteiger partial charge in [-0.25, -0.2) is 9.97 Å². The minimum Gasteiger partial charge on any atom is -0.497 e. The van der Waals surface area contributed by atoms with Gasteiger partial charge < -0.3 is 15.4 Å². The van der Waals surface area contributed by atoms with E-state index in [1.165, 1.54) is 0 Å². The molecule has 0 aliphatic carbocycles. The third-order valence-corrected chi connectivity index (χ3v) is 4.86. The van der Waals surface area contributed by atoms with E-state index in [0.29, 0.717) is 18.1 Å². The Kier molecular flexibility index (Phi) is 7.08. The summed E-state index contributed by atoms with van der Waals surface area (Å²) in [6, 6.07) is 9.74. The van der Waals surface area contributed by atoms with Crippen LogP contribution in [0.25, 0.3) is 5.82 Å². The number of aliphatic imine (C=N–C) groups is 1. The fourth-order valence-corrected chi connectivity index (χ4v) is 3.13. The first-order valence-corrected chi connectivity index (χ1v) is 9.70. The fraction of sp³-hybridized carbons (Fsp3) is 0.286. The summed E-state index contributed by atoms with van der Waals surface area (Å²) < 4.78 is 7.13. The second kappa shape index (κ2) is 9.93. The predicted octanol–water partition coefficient (Wildman–Crippen LogP) is 3.15. The third kappa shape index (κ3) is 5.48. The number of pyridine rings is 1. The molecule has 0 radical (unpaired) electrons. The molecule has 29 heavy (non-hydrogen) atoms. The number of nitrogens with zero attached hydrogens (tertiary/aromatic N) is 4. The summed E-state index contributed by atoms with van der Waals surface area (Å²) >= 11 is 6.29. The van der Waals surface area contributed by atoms with Crippen LogP contribution in [0.3, 0.4) is 0 Å². The number of ether oxygens (including phenoxy) is 1. The van der Waals surface area contributed by atoms with Gasteiger partial charge in [-0.1, -0.05) is 23.7 Å². The van der Waals surface area contributed by atoms with Gasteiger partial charge in [-0.2, -0.15) is 0 Å². The molecule has 0 saturated carbocycles. The summed E-state index contributed by atoms with van der Waals surface area (Å²) in [5.74, 6) is 3.24. The molecule has 3 aromatic rings. The summed E-state index contributed by atoms with van der Waals surface area (Å²) in [5.41, 5.74) is 2.12. The predicted molar refractivity (Wildman–Crippen MR) is 116 cm³/mol. The molecule has 2 aromatic heterocycles. The largest absolute Gasteiger partial charge is 0.497 e. The lowest BCUT2D eigenvalue weighted by molar-refractivity contribution is 0.414. The van der Waals surface area contributed by atoms with Crippen molar-refractivity contribution in [3.63, 3.8) is 0 Å². The fourth-order valence-electron chi connectivity index (χ4n) is 2.86. The van der Waals surface area contributed by atoms with E-state index in [1.807, 2.05) is 54.2 Å². The smallest absolute Gasteiger partial charge is 0.191 e. The van der Waals surface area contributed by atoms with Crippen LogP contribution in [0.15, 0.2) is 53.9 Å². The monoisotopic (exact) mass is 412 g/mol. The third-order valence-electron chi connectivity index (χ3n) is 4.51. The van der Waals surface area contributed by atoms with E-state index in [2.05, 4.69) is 25.6 Å². The van der Waals surface area contributed by atoms with Crippen LogP contribution in [0.5, 0.6) is 5.75 Å². The number of hydrogen-bond donors (Lipinski definition) is 2. The lowest BCUT2D eigenvalue weighted by Crippen LogP contribution is -2.37. The van der Waals surface area contributed by atoms with Crippen LogP contribution < -0.4 is 15.4 Å². The summed E-state index contributed by atoms with van der Waals surface area (Å²) in [4.78, 5) is 13.0. The van der Waals surface area contributed by atoms with Crippen LogP contribution in [0, 0.1) is 6.92 Å². The molecule has 8 heteroatoms. The van der Waals surface area contributed by atoms with Crippen molar-refractivity contribution >= 4 is 17.6 Å². The number of guanidine groups is 1. The maximum atomic E-state index is 6.29. The van der Waals surface area contributed by atoms with Crippen LogP contribution in [0.1, 0.15) is 17.0 Å². The Morgan fingerprint density at radius 2 is 2.07 bits per heavy atom. The molecule has 3 rings (SSSR count). The van der Waals surface area contributed by atoms with Crippen LogP contribution >= 0.6 is 11.6 Å². The standard InChI is InChI=1S/C21H25ClN6O/c1-15-24-10-11-28(15)20-7-4-16(13-26-20)14-27-21(23-2)25-9-8-17-5-6-18(29-3)12-19(17)22/h4-7,10-13H,8-9,14H2,1-3H3,(H2,23,25,27). The Balaban J connectivity index is 1.48. The van der Waals surface area contributed by atoms with Gasteiger partial charge in [-0.05, 0) is 42.7 Å². The van der Waals surface area contributed by atoms with Crippen molar-refractivity contribution in [1.82, 2.24) is 25.2 Å².